The number of carbonyl (C=O) groups is 3. The van der Waals surface area contributed by atoms with Gasteiger partial charge in [0.05, 0.1) is 13.5 Å². The van der Waals surface area contributed by atoms with Crippen molar-refractivity contribution in [3.63, 3.8) is 0 Å². The number of amides is 1. The van der Waals surface area contributed by atoms with Crippen LogP contribution in [0.2, 0.25) is 0 Å². The Morgan fingerprint density at radius 1 is 1.56 bits per heavy atom. The van der Waals surface area contributed by atoms with Gasteiger partial charge in [0.25, 0.3) is 0 Å². The van der Waals surface area contributed by atoms with E-state index in [0.29, 0.717) is 19.4 Å². The molecule has 0 aliphatic carbocycles. The van der Waals surface area contributed by atoms with Crippen molar-refractivity contribution in [2.45, 2.75) is 25.3 Å². The minimum absolute atomic E-state index is 0.215. The zero-order chi connectivity index (χ0) is 13.7. The van der Waals surface area contributed by atoms with Crippen molar-refractivity contribution in [1.29, 1.82) is 0 Å². The molecule has 1 N–H and O–H groups in total. The average molecular weight is 253 g/mol. The molecule has 0 aromatic heterocycles. The van der Waals surface area contributed by atoms with Crippen LogP contribution in [-0.2, 0) is 19.1 Å². The number of carbonyl (C=O) groups excluding carboxylic acids is 2. The van der Waals surface area contributed by atoms with Gasteiger partial charge in [0.1, 0.15) is 12.0 Å². The Labute approximate surface area is 105 Å². The van der Waals surface area contributed by atoms with E-state index in [1.54, 1.807) is 0 Å². The fourth-order valence-electron chi connectivity index (χ4n) is 1.97. The summed E-state index contributed by atoms with van der Waals surface area (Å²) in [6, 6.07) is -0.812. The molecular weight excluding hydrogens is 238 g/mol. The Bertz CT molecular complexity index is 398. The maximum Gasteiger partial charge on any atom is 0.326 e. The number of carboxylic acids is 1. The van der Waals surface area contributed by atoms with Gasteiger partial charge in [-0.05, 0) is 12.8 Å². The van der Waals surface area contributed by atoms with Gasteiger partial charge in [-0.1, -0.05) is 5.92 Å². The topological polar surface area (TPSA) is 83.9 Å². The molecule has 1 heterocycles. The highest BCUT2D eigenvalue weighted by molar-refractivity contribution is 5.88. The van der Waals surface area contributed by atoms with Crippen LogP contribution in [0.15, 0.2) is 0 Å². The van der Waals surface area contributed by atoms with Crippen LogP contribution in [0.1, 0.15) is 19.3 Å². The summed E-state index contributed by atoms with van der Waals surface area (Å²) in [5, 5.41) is 8.95. The maximum atomic E-state index is 11.9. The Kier molecular flexibility index (Phi) is 4.72. The summed E-state index contributed by atoms with van der Waals surface area (Å²) < 4.78 is 4.47. The van der Waals surface area contributed by atoms with E-state index in [9.17, 15) is 14.4 Å². The third kappa shape index (κ3) is 3.00. The van der Waals surface area contributed by atoms with E-state index in [0.717, 1.165) is 0 Å². The van der Waals surface area contributed by atoms with E-state index >= 15 is 0 Å². The van der Waals surface area contributed by atoms with Crippen LogP contribution in [0.5, 0.6) is 0 Å². The first-order valence-electron chi connectivity index (χ1n) is 5.57. The van der Waals surface area contributed by atoms with Crippen LogP contribution >= 0.6 is 0 Å². The molecule has 18 heavy (non-hydrogen) atoms. The van der Waals surface area contributed by atoms with Gasteiger partial charge in [0.2, 0.25) is 5.91 Å². The molecule has 1 rings (SSSR count). The SMILES string of the molecule is C#CC(CC(=O)N1CCC[C@H]1C(=O)O)C(=O)OC. The largest absolute Gasteiger partial charge is 0.480 e. The molecule has 1 unspecified atom stereocenters. The molecule has 0 aromatic carbocycles. The summed E-state index contributed by atoms with van der Waals surface area (Å²) in [4.78, 5) is 35.4. The number of terminal acetylenes is 1. The summed E-state index contributed by atoms with van der Waals surface area (Å²) >= 11 is 0. The van der Waals surface area contributed by atoms with Crippen molar-refractivity contribution in [2.24, 2.45) is 5.92 Å². The number of hydrogen-bond donors (Lipinski definition) is 1. The van der Waals surface area contributed by atoms with Crippen LogP contribution in [-0.4, -0.2) is 47.5 Å². The molecule has 0 spiro atoms. The number of likely N-dealkylation sites (tertiary alicyclic amines) is 1. The Morgan fingerprint density at radius 3 is 2.72 bits per heavy atom. The van der Waals surface area contributed by atoms with Crippen LogP contribution in [0, 0.1) is 18.3 Å². The van der Waals surface area contributed by atoms with Crippen molar-refractivity contribution in [2.75, 3.05) is 13.7 Å². The van der Waals surface area contributed by atoms with E-state index in [4.69, 9.17) is 11.5 Å². The lowest BCUT2D eigenvalue weighted by molar-refractivity contribution is -0.150. The molecule has 1 aliphatic rings. The van der Waals surface area contributed by atoms with Gasteiger partial charge in [0, 0.05) is 6.54 Å². The zero-order valence-corrected chi connectivity index (χ0v) is 10.1. The molecule has 2 atom stereocenters. The average Bonchev–Trinajstić information content (AvgIpc) is 2.84. The number of aliphatic carboxylic acids is 1. The van der Waals surface area contributed by atoms with E-state index in [2.05, 4.69) is 10.7 Å². The smallest absolute Gasteiger partial charge is 0.326 e. The number of hydrogen-bond acceptors (Lipinski definition) is 4. The predicted octanol–water partition coefficient (Wildman–Crippen LogP) is -0.126. The lowest BCUT2D eigenvalue weighted by Gasteiger charge is -2.22. The molecule has 0 bridgehead atoms. The zero-order valence-electron chi connectivity index (χ0n) is 10.1. The minimum atomic E-state index is -1.03. The summed E-state index contributed by atoms with van der Waals surface area (Å²) in [6.07, 6.45) is 6.01. The first kappa shape index (κ1) is 14.0. The van der Waals surface area contributed by atoms with Crippen molar-refractivity contribution in [3.8, 4) is 12.3 Å². The van der Waals surface area contributed by atoms with E-state index in [-0.39, 0.29) is 6.42 Å². The van der Waals surface area contributed by atoms with Crippen molar-refractivity contribution in [1.82, 2.24) is 4.90 Å². The summed E-state index contributed by atoms with van der Waals surface area (Å²) in [5.74, 6) is -0.889. The van der Waals surface area contributed by atoms with Gasteiger partial charge in [-0.2, -0.15) is 0 Å². The van der Waals surface area contributed by atoms with E-state index in [1.165, 1.54) is 12.0 Å². The second kappa shape index (κ2) is 6.05. The highest BCUT2D eigenvalue weighted by atomic mass is 16.5. The van der Waals surface area contributed by atoms with Crippen LogP contribution in [0.3, 0.4) is 0 Å². The molecule has 0 radical (unpaired) electrons. The highest BCUT2D eigenvalue weighted by Crippen LogP contribution is 2.20. The van der Waals surface area contributed by atoms with Crippen LogP contribution in [0.25, 0.3) is 0 Å². The number of methoxy groups -OCH3 is 1. The van der Waals surface area contributed by atoms with Gasteiger partial charge in [-0.25, -0.2) is 4.79 Å². The first-order chi connectivity index (χ1) is 8.51. The number of rotatable bonds is 4. The fourth-order valence-corrected chi connectivity index (χ4v) is 1.97. The maximum absolute atomic E-state index is 11.9. The molecular formula is C12H15NO5. The number of ether oxygens (including phenoxy) is 1. The molecule has 6 nitrogen and oxygen atoms in total. The molecule has 1 aliphatic heterocycles. The number of nitrogens with zero attached hydrogens (tertiary/aromatic N) is 1. The normalized spacial score (nSPS) is 20.0. The third-order valence-corrected chi connectivity index (χ3v) is 2.92. The quantitative estimate of drug-likeness (QED) is 0.557. The minimum Gasteiger partial charge on any atom is -0.480 e. The highest BCUT2D eigenvalue weighted by Gasteiger charge is 2.35. The van der Waals surface area contributed by atoms with E-state index < -0.39 is 29.8 Å². The second-order valence-electron chi connectivity index (χ2n) is 4.03. The van der Waals surface area contributed by atoms with Crippen molar-refractivity contribution in [3.05, 3.63) is 0 Å². The van der Waals surface area contributed by atoms with Gasteiger partial charge in [0.15, 0.2) is 0 Å². The molecule has 98 valence electrons. The summed E-state index contributed by atoms with van der Waals surface area (Å²) in [7, 11) is 1.19. The second-order valence-corrected chi connectivity index (χ2v) is 4.03. The monoisotopic (exact) mass is 253 g/mol. The van der Waals surface area contributed by atoms with Gasteiger partial charge >= 0.3 is 11.9 Å². The van der Waals surface area contributed by atoms with Crippen LogP contribution in [0.4, 0.5) is 0 Å². The predicted molar refractivity (Wildman–Crippen MR) is 61.3 cm³/mol. The Hall–Kier alpha value is -2.03. The van der Waals surface area contributed by atoms with Gasteiger partial charge < -0.3 is 14.7 Å². The molecule has 6 heteroatoms. The van der Waals surface area contributed by atoms with Gasteiger partial charge in [-0.15, -0.1) is 6.42 Å². The fraction of sp³-hybridized carbons (Fsp3) is 0.583. The Morgan fingerprint density at radius 2 is 2.22 bits per heavy atom. The molecule has 1 amide bonds. The molecule has 0 aromatic rings. The first-order valence-corrected chi connectivity index (χ1v) is 5.57. The van der Waals surface area contributed by atoms with Crippen LogP contribution < -0.4 is 0 Å². The third-order valence-electron chi connectivity index (χ3n) is 2.92. The lowest BCUT2D eigenvalue weighted by Crippen LogP contribution is -2.41. The summed E-state index contributed by atoms with van der Waals surface area (Å²) in [5.41, 5.74) is 0. The van der Waals surface area contributed by atoms with E-state index in [1.807, 2.05) is 0 Å². The molecule has 0 saturated carbocycles. The lowest BCUT2D eigenvalue weighted by atomic mass is 10.1. The van der Waals surface area contributed by atoms with Gasteiger partial charge in [-0.3, -0.25) is 9.59 Å². The number of carboxylic acid groups (broad SMARTS) is 1. The van der Waals surface area contributed by atoms with Crippen molar-refractivity contribution < 1.29 is 24.2 Å². The van der Waals surface area contributed by atoms with Crippen molar-refractivity contribution >= 4 is 17.8 Å². The molecule has 1 saturated heterocycles. The Balaban J connectivity index is 2.67. The summed E-state index contributed by atoms with van der Waals surface area (Å²) in [6.45, 7) is 0.383. The standard InChI is InChI=1S/C12H15NO5/c1-3-8(12(17)18-2)7-10(14)13-6-4-5-9(13)11(15)16/h1,8-9H,4-7H2,2H3,(H,15,16)/t8?,9-/m0/s1. The number of esters is 1. The molecule has 1 fully saturated rings.